The molecule has 2 unspecified atom stereocenters. The predicted octanol–water partition coefficient (Wildman–Crippen LogP) is 3.98. The molecule has 0 saturated heterocycles. The first-order valence-corrected chi connectivity index (χ1v) is 6.33. The molecule has 0 aromatic heterocycles. The van der Waals surface area contributed by atoms with Crippen LogP contribution in [0.2, 0.25) is 0 Å². The second-order valence-electron chi connectivity index (χ2n) is 5.11. The van der Waals surface area contributed by atoms with Crippen LogP contribution in [0, 0.1) is 17.5 Å². The van der Waals surface area contributed by atoms with Crippen LogP contribution in [0.5, 0.6) is 0 Å². The van der Waals surface area contributed by atoms with Gasteiger partial charge in [-0.2, -0.15) is 26.3 Å². The van der Waals surface area contributed by atoms with Gasteiger partial charge in [-0.05, 0) is 13.8 Å². The van der Waals surface area contributed by atoms with Gasteiger partial charge in [-0.15, -0.1) is 0 Å². The van der Waals surface area contributed by atoms with E-state index < -0.39 is 64.6 Å². The van der Waals surface area contributed by atoms with Crippen molar-refractivity contribution in [1.29, 1.82) is 0 Å². The zero-order chi connectivity index (χ0) is 19.2. The zero-order valence-electron chi connectivity index (χ0n) is 12.3. The Bertz CT molecular complexity index is 616. The summed E-state index contributed by atoms with van der Waals surface area (Å²) in [5, 5.41) is 18.8. The smallest absolute Gasteiger partial charge is 0.393 e. The summed E-state index contributed by atoms with van der Waals surface area (Å²) in [5.41, 5.74) is -7.66. The molecule has 1 aromatic rings. The van der Waals surface area contributed by atoms with Gasteiger partial charge in [0.2, 0.25) is 0 Å². The number of alkyl halides is 6. The van der Waals surface area contributed by atoms with Crippen LogP contribution in [0.4, 0.5) is 39.5 Å². The second-order valence-corrected chi connectivity index (χ2v) is 5.11. The van der Waals surface area contributed by atoms with E-state index in [2.05, 4.69) is 0 Å². The fourth-order valence-corrected chi connectivity index (χ4v) is 2.40. The van der Waals surface area contributed by atoms with E-state index >= 15 is 0 Å². The minimum atomic E-state index is -5.93. The molecule has 0 aliphatic heterocycles. The Hall–Kier alpha value is -0.971. The molecule has 0 saturated carbocycles. The molecule has 1 aromatic carbocycles. The van der Waals surface area contributed by atoms with E-state index in [1.807, 2.05) is 0 Å². The first kappa shape index (κ1) is 24.0. The van der Waals surface area contributed by atoms with Crippen molar-refractivity contribution in [2.24, 2.45) is 0 Å². The molecule has 1 rings (SSSR count). The maximum atomic E-state index is 14.0. The number of rotatable bonds is 3. The molecule has 1 radical (unpaired) electrons. The van der Waals surface area contributed by atoms with E-state index in [0.717, 1.165) is 13.8 Å². The number of benzene rings is 1. The average Bonchev–Trinajstić information content (AvgIpc) is 2.31. The number of halogens is 9. The molecule has 12 heteroatoms. The van der Waals surface area contributed by atoms with Crippen LogP contribution < -0.4 is 0 Å². The van der Waals surface area contributed by atoms with Crippen molar-refractivity contribution in [3.63, 3.8) is 0 Å². The van der Waals surface area contributed by atoms with Gasteiger partial charge in [0.25, 0.3) is 0 Å². The molecular formula is C13H11CuF9O2. The van der Waals surface area contributed by atoms with Crippen LogP contribution in [-0.4, -0.2) is 22.4 Å². The fraction of sp³-hybridized carbons (Fsp3) is 0.538. The van der Waals surface area contributed by atoms with Gasteiger partial charge in [-0.1, -0.05) is 0 Å². The van der Waals surface area contributed by atoms with Gasteiger partial charge in [0.1, 0.15) is 5.56 Å². The van der Waals surface area contributed by atoms with Gasteiger partial charge in [0.05, 0.1) is 17.8 Å². The Morgan fingerprint density at radius 2 is 1.04 bits per heavy atom. The second kappa shape index (κ2) is 7.73. The van der Waals surface area contributed by atoms with Gasteiger partial charge < -0.3 is 10.2 Å². The number of hydrogen-bond donors (Lipinski definition) is 2. The summed E-state index contributed by atoms with van der Waals surface area (Å²) < 4.78 is 118. The topological polar surface area (TPSA) is 40.5 Å². The van der Waals surface area contributed by atoms with Gasteiger partial charge in [0, 0.05) is 28.6 Å². The maximum Gasteiger partial charge on any atom is 0.422 e. The summed E-state index contributed by atoms with van der Waals surface area (Å²) in [7, 11) is 0. The van der Waals surface area contributed by atoms with Crippen LogP contribution in [0.3, 0.4) is 0 Å². The van der Waals surface area contributed by atoms with Crippen molar-refractivity contribution in [2.75, 3.05) is 0 Å². The third-order valence-corrected chi connectivity index (χ3v) is 3.30. The minimum absolute atomic E-state index is 0. The predicted molar refractivity (Wildman–Crippen MR) is 62.4 cm³/mol. The van der Waals surface area contributed by atoms with E-state index in [1.165, 1.54) is 0 Å². The molecule has 0 spiro atoms. The molecule has 149 valence electrons. The molecule has 0 aliphatic rings. The van der Waals surface area contributed by atoms with Crippen LogP contribution >= 0.6 is 0 Å². The van der Waals surface area contributed by atoms with Crippen molar-refractivity contribution in [1.82, 2.24) is 0 Å². The Morgan fingerprint density at radius 1 is 0.680 bits per heavy atom. The maximum absolute atomic E-state index is 14.0. The monoisotopic (exact) mass is 433 g/mol. The van der Waals surface area contributed by atoms with Crippen LogP contribution in [0.1, 0.15) is 36.5 Å². The third-order valence-electron chi connectivity index (χ3n) is 3.30. The first-order chi connectivity index (χ1) is 10.6. The number of hydrogen-bond acceptors (Lipinski definition) is 2. The quantitative estimate of drug-likeness (QED) is 0.430. The fourth-order valence-electron chi connectivity index (χ4n) is 2.40. The van der Waals surface area contributed by atoms with Gasteiger partial charge in [-0.3, -0.25) is 0 Å². The first-order valence-electron chi connectivity index (χ1n) is 6.33. The molecule has 0 bridgehead atoms. The van der Waals surface area contributed by atoms with Crippen molar-refractivity contribution >= 4 is 0 Å². The third kappa shape index (κ3) is 4.60. The molecule has 2 N–H and O–H groups in total. The molecule has 0 fully saturated rings. The Kier molecular flexibility index (Phi) is 7.43. The average molecular weight is 434 g/mol. The van der Waals surface area contributed by atoms with Crippen LogP contribution in [0.25, 0.3) is 0 Å². The molecule has 2 nitrogen and oxygen atoms in total. The molecular weight excluding hydrogens is 423 g/mol. The van der Waals surface area contributed by atoms with Gasteiger partial charge in [0.15, 0.2) is 17.5 Å². The normalized spacial score (nSPS) is 16.2. The van der Waals surface area contributed by atoms with Gasteiger partial charge in [-0.25, -0.2) is 13.2 Å². The van der Waals surface area contributed by atoms with Crippen molar-refractivity contribution in [3.8, 4) is 0 Å². The van der Waals surface area contributed by atoms with Crippen LogP contribution in [-0.2, 0) is 29.4 Å². The molecule has 0 heterocycles. The Morgan fingerprint density at radius 3 is 1.32 bits per heavy atom. The number of aliphatic hydroxyl groups excluding tert-OH is 2. The summed E-state index contributed by atoms with van der Waals surface area (Å²) in [6.07, 6.45) is -15.7. The zero-order valence-corrected chi connectivity index (χ0v) is 13.3. The molecule has 0 aliphatic carbocycles. The van der Waals surface area contributed by atoms with Crippen LogP contribution in [0.15, 0.2) is 0 Å². The Balaban J connectivity index is 0.00000576. The van der Waals surface area contributed by atoms with E-state index in [4.69, 9.17) is 0 Å². The van der Waals surface area contributed by atoms with Crippen molar-refractivity contribution in [2.45, 2.75) is 44.3 Å². The van der Waals surface area contributed by atoms with Gasteiger partial charge >= 0.3 is 12.4 Å². The minimum Gasteiger partial charge on any atom is -0.393 e. The van der Waals surface area contributed by atoms with E-state index in [-0.39, 0.29) is 17.1 Å². The molecule has 0 amide bonds. The van der Waals surface area contributed by atoms with E-state index in [9.17, 15) is 49.7 Å². The summed E-state index contributed by atoms with van der Waals surface area (Å²) >= 11 is 0. The van der Waals surface area contributed by atoms with E-state index in [1.54, 1.807) is 0 Å². The largest absolute Gasteiger partial charge is 0.422 e. The van der Waals surface area contributed by atoms with Crippen molar-refractivity contribution < 1.29 is 66.8 Å². The van der Waals surface area contributed by atoms with E-state index in [0.29, 0.717) is 0 Å². The molecule has 2 atom stereocenters. The summed E-state index contributed by atoms with van der Waals surface area (Å²) in [6, 6.07) is 0. The SMILES string of the molecule is CC(O)C(c1c(F)c(F)c(C(F)(F)F)c(F)c1C(F)(F)F)C(C)O.[Cu]. The summed E-state index contributed by atoms with van der Waals surface area (Å²) in [4.78, 5) is 0. The standard InChI is InChI=1S/C13H11F9O2.Cu/c1-3(23)5(4(2)24)6-7(12(17,18)19)10(15)8(13(20,21)22)11(16)9(6)14;/h3-5,23-24H,1-2H3;. The summed E-state index contributed by atoms with van der Waals surface area (Å²) in [6.45, 7) is 1.56. The van der Waals surface area contributed by atoms with Crippen molar-refractivity contribution in [3.05, 3.63) is 34.1 Å². The molecule has 25 heavy (non-hydrogen) atoms. The number of aliphatic hydroxyl groups is 2. The Labute approximate surface area is 146 Å². The summed E-state index contributed by atoms with van der Waals surface area (Å²) in [5.74, 6) is -10.8.